The topological polar surface area (TPSA) is 45.7 Å². The Kier molecular flexibility index (Phi) is 5.99. The van der Waals surface area contributed by atoms with E-state index in [1.54, 1.807) is 18.3 Å². The zero-order valence-electron chi connectivity index (χ0n) is 18.8. The van der Waals surface area contributed by atoms with Crippen LogP contribution in [0.1, 0.15) is 60.1 Å². The quantitative estimate of drug-likeness (QED) is 0.698. The van der Waals surface area contributed by atoms with Crippen LogP contribution in [-0.4, -0.2) is 58.1 Å². The number of hydrogen-bond donors (Lipinski definition) is 0. The fourth-order valence-electron chi connectivity index (χ4n) is 5.39. The van der Waals surface area contributed by atoms with Crippen LogP contribution in [0.15, 0.2) is 42.6 Å². The maximum absolute atomic E-state index is 13.3. The molecular weight excluding hydrogens is 405 g/mol. The van der Waals surface area contributed by atoms with Crippen LogP contribution in [-0.2, 0) is 11.3 Å². The van der Waals surface area contributed by atoms with Gasteiger partial charge in [0.2, 0.25) is 0 Å². The number of likely N-dealkylation sites (tertiary alicyclic amines) is 1. The molecular formula is C26H32FN3O2. The molecule has 5 nitrogen and oxygen atoms in total. The van der Waals surface area contributed by atoms with Crippen molar-refractivity contribution in [3.8, 4) is 0 Å². The molecule has 3 heterocycles. The van der Waals surface area contributed by atoms with E-state index in [1.807, 2.05) is 36.1 Å². The van der Waals surface area contributed by atoms with Crippen molar-refractivity contribution < 1.29 is 13.9 Å². The van der Waals surface area contributed by atoms with Gasteiger partial charge in [0.15, 0.2) is 0 Å². The molecule has 0 N–H and O–H groups in total. The highest BCUT2D eigenvalue weighted by molar-refractivity contribution is 5.95. The molecule has 32 heavy (non-hydrogen) atoms. The average molecular weight is 438 g/mol. The minimum atomic E-state index is -0.181. The monoisotopic (exact) mass is 437 g/mol. The number of aryl methyl sites for hydroxylation is 1. The predicted molar refractivity (Wildman–Crippen MR) is 121 cm³/mol. The third-order valence-electron chi connectivity index (χ3n) is 7.43. The van der Waals surface area contributed by atoms with Crippen LogP contribution in [0.25, 0.3) is 0 Å². The normalized spacial score (nSPS) is 23.0. The first-order valence-corrected chi connectivity index (χ1v) is 11.9. The fourth-order valence-corrected chi connectivity index (χ4v) is 5.39. The van der Waals surface area contributed by atoms with Gasteiger partial charge in [-0.2, -0.15) is 0 Å². The molecule has 1 spiro atoms. The number of nitrogens with zero attached hydrogens (tertiary/aromatic N) is 3. The van der Waals surface area contributed by atoms with Crippen molar-refractivity contribution in [1.29, 1.82) is 0 Å². The molecule has 0 bridgehead atoms. The SMILES string of the molecule is Cc1ncccc1C(=O)N1CCC2(CC1)CC(N(Cc1ccc(F)cc1)C1CC1)CCO2. The van der Waals surface area contributed by atoms with Gasteiger partial charge in [-0.1, -0.05) is 12.1 Å². The molecule has 5 rings (SSSR count). The number of benzene rings is 1. The highest BCUT2D eigenvalue weighted by Gasteiger charge is 2.45. The highest BCUT2D eigenvalue weighted by atomic mass is 19.1. The van der Waals surface area contributed by atoms with Crippen LogP contribution in [0.3, 0.4) is 0 Å². The van der Waals surface area contributed by atoms with Gasteiger partial charge in [-0.25, -0.2) is 4.39 Å². The third kappa shape index (κ3) is 4.57. The largest absolute Gasteiger partial charge is 0.375 e. The second-order valence-corrected chi connectivity index (χ2v) is 9.64. The van der Waals surface area contributed by atoms with Crippen LogP contribution in [0.2, 0.25) is 0 Å². The van der Waals surface area contributed by atoms with Crippen molar-refractivity contribution in [2.45, 2.75) is 69.7 Å². The molecule has 1 aromatic heterocycles. The van der Waals surface area contributed by atoms with Gasteiger partial charge in [0.1, 0.15) is 5.82 Å². The van der Waals surface area contributed by atoms with E-state index in [-0.39, 0.29) is 17.3 Å². The van der Waals surface area contributed by atoms with Crippen molar-refractivity contribution in [1.82, 2.24) is 14.8 Å². The van der Waals surface area contributed by atoms with E-state index in [4.69, 9.17) is 4.74 Å². The van der Waals surface area contributed by atoms with Crippen molar-refractivity contribution in [3.63, 3.8) is 0 Å². The first-order chi connectivity index (χ1) is 15.5. The number of carbonyl (C=O) groups is 1. The smallest absolute Gasteiger partial charge is 0.255 e. The van der Waals surface area contributed by atoms with E-state index >= 15 is 0 Å². The first kappa shape index (κ1) is 21.5. The second kappa shape index (κ2) is 8.91. The summed E-state index contributed by atoms with van der Waals surface area (Å²) in [5, 5.41) is 0. The molecule has 1 saturated carbocycles. The van der Waals surface area contributed by atoms with Gasteiger partial charge in [-0.15, -0.1) is 0 Å². The minimum Gasteiger partial charge on any atom is -0.375 e. The Balaban J connectivity index is 1.24. The van der Waals surface area contributed by atoms with E-state index in [0.29, 0.717) is 17.6 Å². The lowest BCUT2D eigenvalue weighted by molar-refractivity contribution is -0.131. The fraction of sp³-hybridized carbons (Fsp3) is 0.538. The maximum Gasteiger partial charge on any atom is 0.255 e. The zero-order chi connectivity index (χ0) is 22.1. The molecule has 1 amide bonds. The Morgan fingerprint density at radius 1 is 1.16 bits per heavy atom. The number of ether oxygens (including phenoxy) is 1. The molecule has 2 aromatic rings. The van der Waals surface area contributed by atoms with E-state index in [9.17, 15) is 9.18 Å². The number of pyridine rings is 1. The van der Waals surface area contributed by atoms with Gasteiger partial charge in [-0.3, -0.25) is 14.7 Å². The zero-order valence-corrected chi connectivity index (χ0v) is 18.8. The van der Waals surface area contributed by atoms with Gasteiger partial charge >= 0.3 is 0 Å². The lowest BCUT2D eigenvalue weighted by atomic mass is 9.81. The molecule has 1 atom stereocenters. The van der Waals surface area contributed by atoms with Gasteiger partial charge in [0, 0.05) is 50.2 Å². The van der Waals surface area contributed by atoms with Gasteiger partial charge < -0.3 is 9.64 Å². The van der Waals surface area contributed by atoms with Crippen LogP contribution in [0.4, 0.5) is 4.39 Å². The molecule has 2 saturated heterocycles. The standard InChI is InChI=1S/C26H32FN3O2/c1-19-24(3-2-13-28-19)25(31)29-14-11-26(12-15-29)17-23(10-16-32-26)30(22-8-9-22)18-20-4-6-21(27)7-5-20/h2-7,13,22-23H,8-12,14-18H2,1H3. The van der Waals surface area contributed by atoms with Crippen LogP contribution in [0, 0.1) is 12.7 Å². The molecule has 1 aromatic carbocycles. The van der Waals surface area contributed by atoms with Crippen molar-refractivity contribution in [3.05, 3.63) is 65.2 Å². The summed E-state index contributed by atoms with van der Waals surface area (Å²) >= 11 is 0. The maximum atomic E-state index is 13.3. The lowest BCUT2D eigenvalue weighted by Crippen LogP contribution is -2.54. The van der Waals surface area contributed by atoms with Crippen molar-refractivity contribution in [2.75, 3.05) is 19.7 Å². The number of halogens is 1. The summed E-state index contributed by atoms with van der Waals surface area (Å²) in [6, 6.07) is 11.7. The highest BCUT2D eigenvalue weighted by Crippen LogP contribution is 2.40. The molecule has 3 fully saturated rings. The van der Waals surface area contributed by atoms with E-state index in [1.165, 1.54) is 18.4 Å². The Hall–Kier alpha value is -2.31. The Bertz CT molecular complexity index is 952. The Morgan fingerprint density at radius 3 is 2.59 bits per heavy atom. The molecule has 170 valence electrons. The molecule has 6 heteroatoms. The Morgan fingerprint density at radius 2 is 1.91 bits per heavy atom. The number of rotatable bonds is 5. The number of hydrogen-bond acceptors (Lipinski definition) is 4. The summed E-state index contributed by atoms with van der Waals surface area (Å²) in [5.74, 6) is -0.103. The van der Waals surface area contributed by atoms with Crippen LogP contribution < -0.4 is 0 Å². The summed E-state index contributed by atoms with van der Waals surface area (Å²) in [5.41, 5.74) is 2.52. The number of piperidine rings is 1. The number of aromatic nitrogens is 1. The minimum absolute atomic E-state index is 0.0775. The summed E-state index contributed by atoms with van der Waals surface area (Å²) in [7, 11) is 0. The summed E-state index contributed by atoms with van der Waals surface area (Å²) in [4.78, 5) is 21.9. The Labute approximate surface area is 189 Å². The molecule has 0 radical (unpaired) electrons. The molecule has 1 unspecified atom stereocenters. The van der Waals surface area contributed by atoms with Gasteiger partial charge in [0.05, 0.1) is 11.2 Å². The molecule has 3 aliphatic rings. The van der Waals surface area contributed by atoms with E-state index in [2.05, 4.69) is 9.88 Å². The summed E-state index contributed by atoms with van der Waals surface area (Å²) in [6.45, 7) is 4.98. The molecule has 1 aliphatic carbocycles. The van der Waals surface area contributed by atoms with Gasteiger partial charge in [0.25, 0.3) is 5.91 Å². The van der Waals surface area contributed by atoms with E-state index < -0.39 is 0 Å². The lowest BCUT2D eigenvalue weighted by Gasteiger charge is -2.48. The summed E-state index contributed by atoms with van der Waals surface area (Å²) < 4.78 is 19.7. The van der Waals surface area contributed by atoms with Crippen molar-refractivity contribution >= 4 is 5.91 Å². The summed E-state index contributed by atoms with van der Waals surface area (Å²) in [6.07, 6.45) is 8.03. The number of amides is 1. The first-order valence-electron chi connectivity index (χ1n) is 11.9. The second-order valence-electron chi connectivity index (χ2n) is 9.64. The third-order valence-corrected chi connectivity index (χ3v) is 7.43. The van der Waals surface area contributed by atoms with Crippen LogP contribution >= 0.6 is 0 Å². The predicted octanol–water partition coefficient (Wildman–Crippen LogP) is 4.35. The van der Waals surface area contributed by atoms with Crippen LogP contribution in [0.5, 0.6) is 0 Å². The number of carbonyl (C=O) groups excluding carboxylic acids is 1. The van der Waals surface area contributed by atoms with Gasteiger partial charge in [-0.05, 0) is 75.3 Å². The molecule has 2 aliphatic heterocycles. The van der Waals surface area contributed by atoms with Crippen molar-refractivity contribution in [2.24, 2.45) is 0 Å². The van der Waals surface area contributed by atoms with E-state index in [0.717, 1.165) is 57.6 Å². The average Bonchev–Trinajstić information content (AvgIpc) is 3.64.